The fourth-order valence-electron chi connectivity index (χ4n) is 1.78. The van der Waals surface area contributed by atoms with Gasteiger partial charge in [-0.3, -0.25) is 4.79 Å². The average molecular weight is 273 g/mol. The first kappa shape index (κ1) is 14.3. The van der Waals surface area contributed by atoms with Gasteiger partial charge < -0.3 is 15.5 Å². The van der Waals surface area contributed by atoms with E-state index in [0.29, 0.717) is 11.6 Å². The number of amides is 1. The number of hydrogen-bond donors (Lipinski definition) is 2. The van der Waals surface area contributed by atoms with E-state index in [0.717, 1.165) is 11.1 Å². The second kappa shape index (κ2) is 5.88. The zero-order chi connectivity index (χ0) is 14.7. The number of aromatic nitrogens is 1. The van der Waals surface area contributed by atoms with Crippen molar-refractivity contribution < 1.29 is 9.21 Å². The van der Waals surface area contributed by atoms with Crippen molar-refractivity contribution in [3.63, 3.8) is 0 Å². The largest absolute Gasteiger partial charge is 0.445 e. The van der Waals surface area contributed by atoms with Crippen LogP contribution >= 0.6 is 0 Å². The molecule has 0 aliphatic heterocycles. The van der Waals surface area contributed by atoms with Crippen molar-refractivity contribution in [2.24, 2.45) is 11.7 Å². The third kappa shape index (κ3) is 3.05. The van der Waals surface area contributed by atoms with Crippen LogP contribution in [0.5, 0.6) is 0 Å². The van der Waals surface area contributed by atoms with E-state index in [9.17, 15) is 4.79 Å². The Balaban J connectivity index is 2.22. The summed E-state index contributed by atoms with van der Waals surface area (Å²) >= 11 is 0. The molecule has 2 unspecified atom stereocenters. The Bertz CT molecular complexity index is 591. The number of nitrogens with two attached hydrogens (primary N) is 1. The lowest BCUT2D eigenvalue weighted by Gasteiger charge is -2.16. The molecule has 0 radical (unpaired) electrons. The van der Waals surface area contributed by atoms with Crippen molar-refractivity contribution in [3.8, 4) is 11.5 Å². The molecule has 0 aliphatic rings. The van der Waals surface area contributed by atoms with Gasteiger partial charge in [-0.1, -0.05) is 13.0 Å². The van der Waals surface area contributed by atoms with Crippen LogP contribution in [0, 0.1) is 12.8 Å². The number of carbonyl (C=O) groups excluding carboxylic acids is 1. The molecule has 5 heteroatoms. The Kier molecular flexibility index (Phi) is 4.20. The predicted molar refractivity (Wildman–Crippen MR) is 78.1 cm³/mol. The molecule has 2 aromatic rings. The Hall–Kier alpha value is -2.14. The van der Waals surface area contributed by atoms with Crippen LogP contribution in [-0.4, -0.2) is 16.9 Å². The lowest BCUT2D eigenvalue weighted by molar-refractivity contribution is -0.119. The fourth-order valence-corrected chi connectivity index (χ4v) is 1.78. The third-order valence-electron chi connectivity index (χ3n) is 3.37. The van der Waals surface area contributed by atoms with Gasteiger partial charge >= 0.3 is 0 Å². The van der Waals surface area contributed by atoms with Gasteiger partial charge in [-0.15, -0.1) is 0 Å². The SMILES string of the molecule is Cc1ccc(NC(=O)C(C)C(C)N)cc1-c1ncco1. The van der Waals surface area contributed by atoms with E-state index >= 15 is 0 Å². The van der Waals surface area contributed by atoms with Gasteiger partial charge in [0.25, 0.3) is 0 Å². The molecular formula is C15H19N3O2. The number of carbonyl (C=O) groups is 1. The van der Waals surface area contributed by atoms with Crippen LogP contribution in [0.3, 0.4) is 0 Å². The lowest BCUT2D eigenvalue weighted by Crippen LogP contribution is -2.34. The highest BCUT2D eigenvalue weighted by atomic mass is 16.3. The number of nitrogens with one attached hydrogen (secondary N) is 1. The van der Waals surface area contributed by atoms with Crippen LogP contribution < -0.4 is 11.1 Å². The molecule has 106 valence electrons. The molecule has 0 fully saturated rings. The van der Waals surface area contributed by atoms with E-state index in [1.54, 1.807) is 6.20 Å². The molecule has 20 heavy (non-hydrogen) atoms. The van der Waals surface area contributed by atoms with Crippen LogP contribution in [0.25, 0.3) is 11.5 Å². The maximum Gasteiger partial charge on any atom is 0.228 e. The number of hydrogen-bond acceptors (Lipinski definition) is 4. The number of rotatable bonds is 4. The Labute approximate surface area is 118 Å². The lowest BCUT2D eigenvalue weighted by atomic mass is 10.0. The Morgan fingerprint density at radius 1 is 1.40 bits per heavy atom. The summed E-state index contributed by atoms with van der Waals surface area (Å²) in [5.74, 6) is 0.197. The van der Waals surface area contributed by atoms with Crippen LogP contribution in [0.2, 0.25) is 0 Å². The van der Waals surface area contributed by atoms with Crippen molar-refractivity contribution in [2.45, 2.75) is 26.8 Å². The van der Waals surface area contributed by atoms with Crippen LogP contribution in [0.15, 0.2) is 35.1 Å². The summed E-state index contributed by atoms with van der Waals surface area (Å²) in [5.41, 5.74) is 8.34. The molecule has 0 aliphatic carbocycles. The summed E-state index contributed by atoms with van der Waals surface area (Å²) in [6.07, 6.45) is 3.12. The summed E-state index contributed by atoms with van der Waals surface area (Å²) in [7, 11) is 0. The van der Waals surface area contributed by atoms with Gasteiger partial charge in [-0.05, 0) is 31.5 Å². The topological polar surface area (TPSA) is 81.2 Å². The van der Waals surface area contributed by atoms with Gasteiger partial charge in [0.15, 0.2) is 0 Å². The fraction of sp³-hybridized carbons (Fsp3) is 0.333. The second-order valence-electron chi connectivity index (χ2n) is 5.00. The molecule has 1 amide bonds. The number of nitrogens with zero attached hydrogens (tertiary/aromatic N) is 1. The quantitative estimate of drug-likeness (QED) is 0.897. The second-order valence-corrected chi connectivity index (χ2v) is 5.00. The third-order valence-corrected chi connectivity index (χ3v) is 3.37. The first-order valence-electron chi connectivity index (χ1n) is 6.56. The summed E-state index contributed by atoms with van der Waals surface area (Å²) in [6, 6.07) is 5.44. The van der Waals surface area contributed by atoms with Crippen molar-refractivity contribution in [1.29, 1.82) is 0 Å². The van der Waals surface area contributed by atoms with Gasteiger partial charge in [-0.2, -0.15) is 0 Å². The molecular weight excluding hydrogens is 254 g/mol. The first-order valence-corrected chi connectivity index (χ1v) is 6.56. The minimum Gasteiger partial charge on any atom is -0.445 e. The minimum atomic E-state index is -0.249. The molecule has 5 nitrogen and oxygen atoms in total. The van der Waals surface area contributed by atoms with E-state index in [2.05, 4.69) is 10.3 Å². The molecule has 0 spiro atoms. The van der Waals surface area contributed by atoms with Gasteiger partial charge in [-0.25, -0.2) is 4.98 Å². The predicted octanol–water partition coefficient (Wildman–Crippen LogP) is 2.57. The van der Waals surface area contributed by atoms with E-state index in [4.69, 9.17) is 10.2 Å². The summed E-state index contributed by atoms with van der Waals surface area (Å²) in [5, 5.41) is 2.86. The van der Waals surface area contributed by atoms with E-state index in [1.807, 2.05) is 39.0 Å². The molecule has 0 saturated carbocycles. The number of benzene rings is 1. The van der Waals surface area contributed by atoms with Crippen LogP contribution in [-0.2, 0) is 4.79 Å². The van der Waals surface area contributed by atoms with Gasteiger partial charge in [0.1, 0.15) is 6.26 Å². The molecule has 0 saturated heterocycles. The zero-order valence-electron chi connectivity index (χ0n) is 11.9. The van der Waals surface area contributed by atoms with Crippen molar-refractivity contribution in [3.05, 3.63) is 36.2 Å². The normalized spacial score (nSPS) is 13.8. The highest BCUT2D eigenvalue weighted by Gasteiger charge is 2.17. The molecule has 3 N–H and O–H groups in total. The van der Waals surface area contributed by atoms with Crippen LogP contribution in [0.4, 0.5) is 5.69 Å². The smallest absolute Gasteiger partial charge is 0.228 e. The highest BCUT2D eigenvalue weighted by molar-refractivity contribution is 5.93. The minimum absolute atomic E-state index is 0.0952. The highest BCUT2D eigenvalue weighted by Crippen LogP contribution is 2.25. The number of oxazole rings is 1. The Morgan fingerprint density at radius 2 is 2.15 bits per heavy atom. The first-order chi connectivity index (χ1) is 9.49. The maximum atomic E-state index is 12.0. The molecule has 2 rings (SSSR count). The van der Waals surface area contributed by atoms with Gasteiger partial charge in [0.2, 0.25) is 11.8 Å². The van der Waals surface area contributed by atoms with E-state index in [-0.39, 0.29) is 17.9 Å². The molecule has 2 atom stereocenters. The maximum absolute atomic E-state index is 12.0. The van der Waals surface area contributed by atoms with E-state index < -0.39 is 0 Å². The van der Waals surface area contributed by atoms with E-state index in [1.165, 1.54) is 6.26 Å². The summed E-state index contributed by atoms with van der Waals surface area (Å²) < 4.78 is 5.30. The summed E-state index contributed by atoms with van der Waals surface area (Å²) in [4.78, 5) is 16.1. The molecule has 1 aromatic carbocycles. The molecule has 0 bridgehead atoms. The Morgan fingerprint density at radius 3 is 2.75 bits per heavy atom. The molecule has 1 heterocycles. The average Bonchev–Trinajstić information content (AvgIpc) is 2.93. The van der Waals surface area contributed by atoms with Crippen molar-refractivity contribution in [2.75, 3.05) is 5.32 Å². The van der Waals surface area contributed by atoms with Gasteiger partial charge in [0.05, 0.1) is 12.1 Å². The van der Waals surface area contributed by atoms with Crippen molar-refractivity contribution >= 4 is 11.6 Å². The zero-order valence-corrected chi connectivity index (χ0v) is 11.9. The van der Waals surface area contributed by atoms with Crippen LogP contribution in [0.1, 0.15) is 19.4 Å². The van der Waals surface area contributed by atoms with Crippen molar-refractivity contribution in [1.82, 2.24) is 4.98 Å². The standard InChI is InChI=1S/C15H19N3O2/c1-9-4-5-12(18-14(19)10(2)11(3)16)8-13(9)15-17-6-7-20-15/h4-8,10-11H,16H2,1-3H3,(H,18,19). The van der Waals surface area contributed by atoms with Gasteiger partial charge in [0, 0.05) is 17.3 Å². The number of aryl methyl sites for hydroxylation is 1. The summed E-state index contributed by atoms with van der Waals surface area (Å²) in [6.45, 7) is 5.59. The number of anilines is 1. The monoisotopic (exact) mass is 273 g/mol. The molecule has 1 aromatic heterocycles.